The zero-order chi connectivity index (χ0) is 18.1. The summed E-state index contributed by atoms with van der Waals surface area (Å²) in [5.41, 5.74) is 2.15. The van der Waals surface area contributed by atoms with Gasteiger partial charge in [0, 0.05) is 5.41 Å². The fraction of sp³-hybridized carbons (Fsp3) is 0.350. The van der Waals surface area contributed by atoms with E-state index in [1.807, 2.05) is 30.3 Å². The Bertz CT molecular complexity index is 852. The lowest BCUT2D eigenvalue weighted by atomic mass is 9.78. The summed E-state index contributed by atoms with van der Waals surface area (Å²) in [6.07, 6.45) is 0.348. The van der Waals surface area contributed by atoms with Crippen molar-refractivity contribution in [2.75, 3.05) is 11.5 Å². The number of esters is 1. The normalized spacial score (nSPS) is 19.5. The van der Waals surface area contributed by atoms with Crippen LogP contribution in [-0.2, 0) is 20.0 Å². The maximum Gasteiger partial charge on any atom is 0.315 e. The third-order valence-corrected chi connectivity index (χ3v) is 6.62. The fourth-order valence-corrected chi connectivity index (χ4v) is 4.87. The van der Waals surface area contributed by atoms with E-state index in [4.69, 9.17) is 4.74 Å². The second-order valence-corrected chi connectivity index (χ2v) is 9.27. The second-order valence-electron chi connectivity index (χ2n) is 7.04. The summed E-state index contributed by atoms with van der Waals surface area (Å²) in [4.78, 5) is 12.1. The molecule has 25 heavy (non-hydrogen) atoms. The molecule has 5 heteroatoms. The molecular weight excluding hydrogens is 336 g/mol. The Hall–Kier alpha value is -2.14. The Morgan fingerprint density at radius 3 is 2.16 bits per heavy atom. The van der Waals surface area contributed by atoms with Crippen molar-refractivity contribution in [1.82, 2.24) is 0 Å². The molecule has 0 radical (unpaired) electrons. The molecule has 0 aromatic heterocycles. The zero-order valence-corrected chi connectivity index (χ0v) is 15.3. The summed E-state index contributed by atoms with van der Waals surface area (Å²) in [5, 5.41) is 0. The molecule has 0 unspecified atom stereocenters. The first-order valence-electron chi connectivity index (χ1n) is 8.36. The average molecular weight is 358 g/mol. The van der Waals surface area contributed by atoms with E-state index in [0.29, 0.717) is 12.2 Å². The SMILES string of the molecule is CC(C)(c1ccccc1)c1ccc(OC(=O)[C@H]2CCS(=O)(=O)C2)cc1. The summed E-state index contributed by atoms with van der Waals surface area (Å²) in [7, 11) is -3.09. The molecule has 0 N–H and O–H groups in total. The number of carbonyl (C=O) groups excluding carboxylic acids is 1. The average Bonchev–Trinajstić information content (AvgIpc) is 2.96. The molecule has 0 amide bonds. The maximum absolute atomic E-state index is 12.1. The largest absolute Gasteiger partial charge is 0.426 e. The molecule has 3 rings (SSSR count). The summed E-state index contributed by atoms with van der Waals surface area (Å²) >= 11 is 0. The van der Waals surface area contributed by atoms with Crippen molar-refractivity contribution in [3.8, 4) is 5.75 Å². The first-order valence-corrected chi connectivity index (χ1v) is 10.2. The zero-order valence-electron chi connectivity index (χ0n) is 14.4. The molecule has 1 saturated heterocycles. The standard InChI is InChI=1S/C20H22O4S/c1-20(2,16-6-4-3-5-7-16)17-8-10-18(11-9-17)24-19(21)15-12-13-25(22,23)14-15/h3-11,15H,12-14H2,1-2H3/t15-/m0/s1. The monoisotopic (exact) mass is 358 g/mol. The predicted molar refractivity (Wildman–Crippen MR) is 97.4 cm³/mol. The van der Waals surface area contributed by atoms with Crippen LogP contribution in [0.4, 0.5) is 0 Å². The highest BCUT2D eigenvalue weighted by Gasteiger charge is 2.34. The molecule has 0 aliphatic carbocycles. The lowest BCUT2D eigenvalue weighted by Crippen LogP contribution is -2.22. The molecule has 0 spiro atoms. The van der Waals surface area contributed by atoms with Crippen LogP contribution in [-0.4, -0.2) is 25.9 Å². The van der Waals surface area contributed by atoms with E-state index in [2.05, 4.69) is 26.0 Å². The lowest BCUT2D eigenvalue weighted by Gasteiger charge is -2.26. The molecule has 0 saturated carbocycles. The van der Waals surface area contributed by atoms with Gasteiger partial charge >= 0.3 is 5.97 Å². The van der Waals surface area contributed by atoms with Gasteiger partial charge < -0.3 is 4.74 Å². The first-order chi connectivity index (χ1) is 11.8. The van der Waals surface area contributed by atoms with Gasteiger partial charge in [0.05, 0.1) is 17.4 Å². The van der Waals surface area contributed by atoms with Crippen LogP contribution in [0, 0.1) is 5.92 Å². The highest BCUT2D eigenvalue weighted by molar-refractivity contribution is 7.91. The molecule has 2 aromatic rings. The number of sulfone groups is 1. The van der Waals surface area contributed by atoms with Crippen molar-refractivity contribution < 1.29 is 17.9 Å². The van der Waals surface area contributed by atoms with Crippen molar-refractivity contribution in [3.05, 3.63) is 65.7 Å². The summed E-state index contributed by atoms with van der Waals surface area (Å²) in [6.45, 7) is 4.29. The van der Waals surface area contributed by atoms with Gasteiger partial charge in [-0.05, 0) is 29.7 Å². The van der Waals surface area contributed by atoms with Gasteiger partial charge in [0.15, 0.2) is 9.84 Å². The van der Waals surface area contributed by atoms with Crippen molar-refractivity contribution in [2.24, 2.45) is 5.92 Å². The Balaban J connectivity index is 1.71. The van der Waals surface area contributed by atoms with Crippen LogP contribution in [0.2, 0.25) is 0 Å². The molecule has 1 fully saturated rings. The van der Waals surface area contributed by atoms with Crippen LogP contribution < -0.4 is 4.74 Å². The Kier molecular flexibility index (Phi) is 4.69. The molecule has 1 atom stereocenters. The molecule has 0 bridgehead atoms. The highest BCUT2D eigenvalue weighted by Crippen LogP contribution is 2.32. The summed E-state index contributed by atoms with van der Waals surface area (Å²) in [6, 6.07) is 17.6. The molecule has 1 aliphatic heterocycles. The molecule has 1 heterocycles. The van der Waals surface area contributed by atoms with Crippen molar-refractivity contribution >= 4 is 15.8 Å². The van der Waals surface area contributed by atoms with E-state index in [9.17, 15) is 13.2 Å². The van der Waals surface area contributed by atoms with E-state index in [1.54, 1.807) is 12.1 Å². The van der Waals surface area contributed by atoms with Gasteiger partial charge in [-0.2, -0.15) is 0 Å². The molecule has 1 aliphatic rings. The number of hydrogen-bond donors (Lipinski definition) is 0. The third kappa shape index (κ3) is 3.93. The maximum atomic E-state index is 12.1. The van der Waals surface area contributed by atoms with Crippen LogP contribution in [0.3, 0.4) is 0 Å². The van der Waals surface area contributed by atoms with E-state index in [-0.39, 0.29) is 16.9 Å². The van der Waals surface area contributed by atoms with Gasteiger partial charge in [-0.25, -0.2) is 8.42 Å². The quantitative estimate of drug-likeness (QED) is 0.621. The van der Waals surface area contributed by atoms with Gasteiger partial charge in [0.1, 0.15) is 5.75 Å². The fourth-order valence-electron chi connectivity index (χ4n) is 3.14. The van der Waals surface area contributed by atoms with Gasteiger partial charge in [-0.3, -0.25) is 4.79 Å². The molecular formula is C20H22O4S. The Labute approximate surface area is 148 Å². The molecule has 2 aromatic carbocycles. The number of hydrogen-bond acceptors (Lipinski definition) is 4. The van der Waals surface area contributed by atoms with Crippen LogP contribution in [0.1, 0.15) is 31.4 Å². The topological polar surface area (TPSA) is 60.4 Å². The number of carbonyl (C=O) groups is 1. The highest BCUT2D eigenvalue weighted by atomic mass is 32.2. The van der Waals surface area contributed by atoms with Gasteiger partial charge in [-0.15, -0.1) is 0 Å². The van der Waals surface area contributed by atoms with E-state index in [1.165, 1.54) is 5.56 Å². The first kappa shape index (κ1) is 17.7. The van der Waals surface area contributed by atoms with Crippen LogP contribution in [0.15, 0.2) is 54.6 Å². The molecule has 4 nitrogen and oxygen atoms in total. The lowest BCUT2D eigenvalue weighted by molar-refractivity contribution is -0.138. The van der Waals surface area contributed by atoms with Gasteiger partial charge in [0.2, 0.25) is 0 Å². The minimum absolute atomic E-state index is 0.0664. The van der Waals surface area contributed by atoms with Crippen LogP contribution in [0.5, 0.6) is 5.75 Å². The number of benzene rings is 2. The van der Waals surface area contributed by atoms with Crippen molar-refractivity contribution in [1.29, 1.82) is 0 Å². The van der Waals surface area contributed by atoms with E-state index in [0.717, 1.165) is 5.56 Å². The third-order valence-electron chi connectivity index (χ3n) is 4.86. The number of rotatable bonds is 4. The number of ether oxygens (including phenoxy) is 1. The minimum atomic E-state index is -3.09. The molecule has 132 valence electrons. The van der Waals surface area contributed by atoms with Gasteiger partial charge in [0.25, 0.3) is 0 Å². The smallest absolute Gasteiger partial charge is 0.315 e. The van der Waals surface area contributed by atoms with Gasteiger partial charge in [-0.1, -0.05) is 56.3 Å². The minimum Gasteiger partial charge on any atom is -0.426 e. The van der Waals surface area contributed by atoms with Crippen molar-refractivity contribution in [2.45, 2.75) is 25.7 Å². The summed E-state index contributed by atoms with van der Waals surface area (Å²) < 4.78 is 28.3. The predicted octanol–water partition coefficient (Wildman–Crippen LogP) is 3.35. The second kappa shape index (κ2) is 6.64. The van der Waals surface area contributed by atoms with Crippen molar-refractivity contribution in [3.63, 3.8) is 0 Å². The Morgan fingerprint density at radius 2 is 1.60 bits per heavy atom. The van der Waals surface area contributed by atoms with E-state index < -0.39 is 21.7 Å². The van der Waals surface area contributed by atoms with Crippen LogP contribution >= 0.6 is 0 Å². The summed E-state index contributed by atoms with van der Waals surface area (Å²) in [5.74, 6) is -0.606. The van der Waals surface area contributed by atoms with E-state index >= 15 is 0 Å². The Morgan fingerprint density at radius 1 is 1.00 bits per heavy atom. The van der Waals surface area contributed by atoms with Crippen LogP contribution in [0.25, 0.3) is 0 Å².